The molecule has 3 nitrogen and oxygen atoms in total. The average Bonchev–Trinajstić information content (AvgIpc) is 2.26. The van der Waals surface area contributed by atoms with E-state index in [4.69, 9.17) is 0 Å². The standard InChI is InChI=1S/C9H18N2OS2/c1-11(4-6-13-2)9(12)8-7-14-5-3-10-8/h8,10H,3-7H2,1-2H3. The van der Waals surface area contributed by atoms with Crippen molar-refractivity contribution in [2.45, 2.75) is 6.04 Å². The quantitative estimate of drug-likeness (QED) is 0.768. The summed E-state index contributed by atoms with van der Waals surface area (Å²) >= 11 is 3.63. The smallest absolute Gasteiger partial charge is 0.240 e. The number of nitrogens with one attached hydrogen (secondary N) is 1. The second-order valence-electron chi connectivity index (χ2n) is 3.33. The van der Waals surface area contributed by atoms with E-state index in [-0.39, 0.29) is 11.9 Å². The van der Waals surface area contributed by atoms with Crippen molar-refractivity contribution in [1.82, 2.24) is 10.2 Å². The minimum atomic E-state index is 0.0422. The first-order valence-corrected chi connectivity index (χ1v) is 7.35. The normalized spacial score (nSPS) is 22.0. The molecule has 1 aliphatic rings. The van der Waals surface area contributed by atoms with Gasteiger partial charge in [-0.1, -0.05) is 0 Å². The van der Waals surface area contributed by atoms with Gasteiger partial charge in [0.2, 0.25) is 5.91 Å². The van der Waals surface area contributed by atoms with E-state index < -0.39 is 0 Å². The molecule has 0 saturated carbocycles. The Balaban J connectivity index is 2.30. The molecule has 1 fully saturated rings. The molecule has 1 atom stereocenters. The van der Waals surface area contributed by atoms with E-state index in [1.54, 1.807) is 11.8 Å². The molecule has 1 N–H and O–H groups in total. The highest BCUT2D eigenvalue weighted by atomic mass is 32.2. The number of amides is 1. The Morgan fingerprint density at radius 3 is 3.07 bits per heavy atom. The maximum atomic E-state index is 11.8. The molecular weight excluding hydrogens is 216 g/mol. The van der Waals surface area contributed by atoms with Gasteiger partial charge < -0.3 is 10.2 Å². The first-order chi connectivity index (χ1) is 6.75. The number of hydrogen-bond donors (Lipinski definition) is 1. The van der Waals surface area contributed by atoms with Gasteiger partial charge in [0.25, 0.3) is 0 Å². The Morgan fingerprint density at radius 1 is 1.71 bits per heavy atom. The van der Waals surface area contributed by atoms with Crippen molar-refractivity contribution in [3.63, 3.8) is 0 Å². The third-order valence-electron chi connectivity index (χ3n) is 2.23. The van der Waals surface area contributed by atoms with Gasteiger partial charge in [-0.2, -0.15) is 23.5 Å². The lowest BCUT2D eigenvalue weighted by molar-refractivity contribution is -0.131. The molecule has 1 heterocycles. The Morgan fingerprint density at radius 2 is 2.50 bits per heavy atom. The summed E-state index contributed by atoms with van der Waals surface area (Å²) in [6.07, 6.45) is 2.06. The van der Waals surface area contributed by atoms with Gasteiger partial charge >= 0.3 is 0 Å². The molecule has 0 radical (unpaired) electrons. The van der Waals surface area contributed by atoms with Crippen molar-refractivity contribution >= 4 is 29.4 Å². The summed E-state index contributed by atoms with van der Waals surface area (Å²) < 4.78 is 0. The van der Waals surface area contributed by atoms with Crippen LogP contribution in [0, 0.1) is 0 Å². The zero-order valence-corrected chi connectivity index (χ0v) is 10.4. The zero-order valence-electron chi connectivity index (χ0n) is 8.78. The number of rotatable bonds is 4. The van der Waals surface area contributed by atoms with Crippen molar-refractivity contribution in [3.05, 3.63) is 0 Å². The summed E-state index contributed by atoms with van der Waals surface area (Å²) in [6, 6.07) is 0.0422. The van der Waals surface area contributed by atoms with Crippen molar-refractivity contribution < 1.29 is 4.79 Å². The first-order valence-electron chi connectivity index (χ1n) is 4.80. The van der Waals surface area contributed by atoms with Crippen molar-refractivity contribution in [3.8, 4) is 0 Å². The fraction of sp³-hybridized carbons (Fsp3) is 0.889. The number of carbonyl (C=O) groups is 1. The number of nitrogens with zero attached hydrogens (tertiary/aromatic N) is 1. The van der Waals surface area contributed by atoms with Gasteiger partial charge in [-0.25, -0.2) is 0 Å². The Bertz CT molecular complexity index is 184. The highest BCUT2D eigenvalue weighted by Crippen LogP contribution is 2.09. The summed E-state index contributed by atoms with van der Waals surface area (Å²) in [5, 5.41) is 3.26. The van der Waals surface area contributed by atoms with Gasteiger partial charge in [-0.05, 0) is 6.26 Å². The minimum absolute atomic E-state index is 0.0422. The van der Waals surface area contributed by atoms with E-state index in [1.165, 1.54) is 0 Å². The predicted molar refractivity (Wildman–Crippen MR) is 65.1 cm³/mol. The molecule has 0 aliphatic carbocycles. The lowest BCUT2D eigenvalue weighted by Gasteiger charge is -2.27. The minimum Gasteiger partial charge on any atom is -0.344 e. The van der Waals surface area contributed by atoms with Crippen LogP contribution in [0.2, 0.25) is 0 Å². The van der Waals surface area contributed by atoms with Crippen LogP contribution >= 0.6 is 23.5 Å². The Kier molecular flexibility index (Phi) is 5.74. The van der Waals surface area contributed by atoms with E-state index in [1.807, 2.05) is 23.7 Å². The second-order valence-corrected chi connectivity index (χ2v) is 5.47. The maximum Gasteiger partial charge on any atom is 0.240 e. The van der Waals surface area contributed by atoms with Gasteiger partial charge in [0, 0.05) is 37.4 Å². The van der Waals surface area contributed by atoms with Crippen LogP contribution in [0.5, 0.6) is 0 Å². The topological polar surface area (TPSA) is 32.3 Å². The molecule has 1 rings (SSSR count). The maximum absolute atomic E-state index is 11.8. The van der Waals surface area contributed by atoms with E-state index in [9.17, 15) is 4.79 Å². The number of likely N-dealkylation sites (N-methyl/N-ethyl adjacent to an activating group) is 1. The van der Waals surface area contributed by atoms with E-state index in [0.29, 0.717) is 0 Å². The molecule has 0 aromatic heterocycles. The largest absolute Gasteiger partial charge is 0.344 e. The van der Waals surface area contributed by atoms with Gasteiger partial charge in [0.1, 0.15) is 0 Å². The molecule has 1 saturated heterocycles. The third-order valence-corrected chi connectivity index (χ3v) is 3.88. The van der Waals surface area contributed by atoms with Crippen LogP contribution < -0.4 is 5.32 Å². The van der Waals surface area contributed by atoms with Gasteiger partial charge in [0.05, 0.1) is 6.04 Å². The van der Waals surface area contributed by atoms with E-state index in [2.05, 4.69) is 11.6 Å². The van der Waals surface area contributed by atoms with Crippen LogP contribution in [0.15, 0.2) is 0 Å². The van der Waals surface area contributed by atoms with Gasteiger partial charge in [0.15, 0.2) is 0 Å². The average molecular weight is 234 g/mol. The second kappa shape index (κ2) is 6.58. The third kappa shape index (κ3) is 3.71. The van der Waals surface area contributed by atoms with Crippen LogP contribution in [-0.2, 0) is 4.79 Å². The number of carbonyl (C=O) groups excluding carboxylic acids is 1. The molecule has 14 heavy (non-hydrogen) atoms. The van der Waals surface area contributed by atoms with Crippen LogP contribution in [-0.4, -0.2) is 60.5 Å². The summed E-state index contributed by atoms with van der Waals surface area (Å²) in [6.45, 7) is 1.81. The van der Waals surface area contributed by atoms with Crippen molar-refractivity contribution in [2.75, 3.05) is 43.7 Å². The Hall–Kier alpha value is 0.130. The summed E-state index contributed by atoms with van der Waals surface area (Å²) in [7, 11) is 1.89. The van der Waals surface area contributed by atoms with Crippen molar-refractivity contribution in [1.29, 1.82) is 0 Å². The number of thioether (sulfide) groups is 2. The van der Waals surface area contributed by atoms with E-state index in [0.717, 1.165) is 30.3 Å². The molecule has 1 unspecified atom stereocenters. The molecular formula is C9H18N2OS2. The summed E-state index contributed by atoms with van der Waals surface area (Å²) in [5.74, 6) is 3.30. The molecule has 0 bridgehead atoms. The number of hydrogen-bond acceptors (Lipinski definition) is 4. The molecule has 0 spiro atoms. The van der Waals surface area contributed by atoms with Crippen LogP contribution in [0.25, 0.3) is 0 Å². The van der Waals surface area contributed by atoms with Crippen molar-refractivity contribution in [2.24, 2.45) is 0 Å². The molecule has 1 aliphatic heterocycles. The molecule has 1 amide bonds. The molecule has 0 aromatic carbocycles. The molecule has 82 valence electrons. The summed E-state index contributed by atoms with van der Waals surface area (Å²) in [4.78, 5) is 13.7. The van der Waals surface area contributed by atoms with Gasteiger partial charge in [-0.3, -0.25) is 4.79 Å². The highest BCUT2D eigenvalue weighted by molar-refractivity contribution is 7.99. The summed E-state index contributed by atoms with van der Waals surface area (Å²) in [5.41, 5.74) is 0. The highest BCUT2D eigenvalue weighted by Gasteiger charge is 2.23. The van der Waals surface area contributed by atoms with Crippen LogP contribution in [0.3, 0.4) is 0 Å². The predicted octanol–water partition coefficient (Wildman–Crippen LogP) is 0.513. The fourth-order valence-corrected chi connectivity index (χ4v) is 2.71. The van der Waals surface area contributed by atoms with Crippen LogP contribution in [0.1, 0.15) is 0 Å². The van der Waals surface area contributed by atoms with Gasteiger partial charge in [-0.15, -0.1) is 0 Å². The first kappa shape index (κ1) is 12.2. The SMILES string of the molecule is CSCCN(C)C(=O)C1CSCCN1. The monoisotopic (exact) mass is 234 g/mol. The molecule has 5 heteroatoms. The van der Waals surface area contributed by atoms with E-state index >= 15 is 0 Å². The lowest BCUT2D eigenvalue weighted by atomic mass is 10.3. The molecule has 0 aromatic rings. The zero-order chi connectivity index (χ0) is 10.4. The fourth-order valence-electron chi connectivity index (χ4n) is 1.33. The van der Waals surface area contributed by atoms with Crippen LogP contribution in [0.4, 0.5) is 0 Å². The lowest BCUT2D eigenvalue weighted by Crippen LogP contribution is -2.49. The Labute approximate surface area is 94.4 Å².